The largest absolute Gasteiger partial charge is 0.455 e. The molecule has 136 heavy (non-hydrogen) atoms. The van der Waals surface area contributed by atoms with E-state index in [2.05, 4.69) is 361 Å². The Morgan fingerprint density at radius 2 is 0.544 bits per heavy atom. The number of rotatable bonds is 30. The standard InChI is InChI=1S/C132H129NO3/c1-13-17-21-25-42-70-131(71-43-26-22-18-14-2)103-54-38-32-48-89(103)92-65-59-84(75-108(92)131)83-58-64-90-91-66-60-85(76-105(91)127(5,6)104(90)74-83)101-81-111-116(119-98-51-35-40-56-113(98)135-125(101)119)96-69-63-88(79-109(96)132(111,72-44-27-23-19-15-3)73-45-28-24-20-16-4)133(86-61-67-94-106(77-86)128(7,8)110-80-100(82-46-30-29-31-47-82)124-118(115(94)110)97-50-34-39-55-112(97)134-124)87-62-68-95-107(78-87)130(11,12)122-117(95)120-99-52-36-41-57-114(99)136-126(120)121-93-49-33-37-53-102(93)129(9,10)123(121)122/h29-41,46-69,74-81H,13-28,42-45,70-73H2,1-12H3. The van der Waals surface area contributed by atoms with Gasteiger partial charge in [-0.2, -0.15) is 0 Å². The number of benzene rings is 15. The van der Waals surface area contributed by atoms with E-state index in [4.69, 9.17) is 13.3 Å². The molecule has 15 aromatic carbocycles. The molecule has 0 unspecified atom stereocenters. The molecule has 0 fully saturated rings. The number of para-hydroxylation sites is 3. The Hall–Kier alpha value is -12.5. The van der Waals surface area contributed by atoms with E-state index >= 15 is 0 Å². The van der Waals surface area contributed by atoms with E-state index in [9.17, 15) is 0 Å². The summed E-state index contributed by atoms with van der Waals surface area (Å²) in [5.41, 5.74) is 47.5. The first-order valence-electron chi connectivity index (χ1n) is 52.3. The van der Waals surface area contributed by atoms with Crippen molar-refractivity contribution in [1.82, 2.24) is 0 Å². The molecule has 24 rings (SSSR count). The van der Waals surface area contributed by atoms with Crippen molar-refractivity contribution in [2.24, 2.45) is 0 Å². The Morgan fingerprint density at radius 3 is 1.08 bits per heavy atom. The van der Waals surface area contributed by atoms with Crippen LogP contribution in [0, 0.1) is 0 Å². The average Bonchev–Trinajstić information content (AvgIpc) is 1.49. The van der Waals surface area contributed by atoms with E-state index in [1.807, 2.05) is 0 Å². The molecule has 6 aliphatic carbocycles. The van der Waals surface area contributed by atoms with Gasteiger partial charge in [0.05, 0.1) is 0 Å². The molecule has 0 N–H and O–H groups in total. The van der Waals surface area contributed by atoms with Crippen molar-refractivity contribution in [3.63, 3.8) is 0 Å². The van der Waals surface area contributed by atoms with Gasteiger partial charge in [-0.3, -0.25) is 0 Å². The molecule has 6 aliphatic rings. The smallest absolute Gasteiger partial charge is 0.144 e. The van der Waals surface area contributed by atoms with Gasteiger partial charge in [-0.1, -0.05) is 400 Å². The van der Waals surface area contributed by atoms with Crippen LogP contribution < -0.4 is 4.90 Å². The molecule has 0 radical (unpaired) electrons. The Morgan fingerprint density at radius 1 is 0.213 bits per heavy atom. The van der Waals surface area contributed by atoms with Crippen LogP contribution in [0.3, 0.4) is 0 Å². The molecule has 18 aromatic rings. The molecule has 3 aromatic heterocycles. The molecular weight excluding hydrogens is 1650 g/mol. The highest BCUT2D eigenvalue weighted by Gasteiger charge is 2.52. The van der Waals surface area contributed by atoms with Crippen molar-refractivity contribution in [3.05, 3.63) is 340 Å². The highest BCUT2D eigenvalue weighted by Crippen LogP contribution is 2.67. The lowest BCUT2D eigenvalue weighted by atomic mass is 9.70. The average molecular weight is 1780 g/mol. The molecule has 0 saturated heterocycles. The van der Waals surface area contributed by atoms with Crippen molar-refractivity contribution in [1.29, 1.82) is 0 Å². The van der Waals surface area contributed by atoms with Crippen molar-refractivity contribution in [2.75, 3.05) is 4.90 Å². The van der Waals surface area contributed by atoms with Gasteiger partial charge in [0.1, 0.15) is 33.5 Å². The van der Waals surface area contributed by atoms with E-state index in [0.717, 1.165) is 92.8 Å². The molecule has 680 valence electrons. The maximum atomic E-state index is 7.61. The second kappa shape index (κ2) is 33.2. The summed E-state index contributed by atoms with van der Waals surface area (Å²) in [5, 5.41) is 7.14. The van der Waals surface area contributed by atoms with Gasteiger partial charge in [-0.05, 0) is 261 Å². The zero-order valence-electron chi connectivity index (χ0n) is 82.1. The molecule has 0 spiro atoms. The third-order valence-corrected chi connectivity index (χ3v) is 34.4. The zero-order chi connectivity index (χ0) is 92.5. The monoisotopic (exact) mass is 1780 g/mol. The molecular formula is C132H129NO3. The summed E-state index contributed by atoms with van der Waals surface area (Å²) in [6.45, 7) is 29.3. The van der Waals surface area contributed by atoms with E-state index < -0.39 is 10.8 Å². The first-order valence-corrected chi connectivity index (χ1v) is 52.3. The van der Waals surface area contributed by atoms with Crippen molar-refractivity contribution >= 4 is 82.9 Å². The van der Waals surface area contributed by atoms with Crippen LogP contribution in [-0.2, 0) is 32.5 Å². The maximum absolute atomic E-state index is 7.61. The summed E-state index contributed by atoms with van der Waals surface area (Å²) < 4.78 is 22.0. The first kappa shape index (κ1) is 86.4. The minimum absolute atomic E-state index is 0.00869. The fraction of sp³-hybridized carbons (Fsp3) is 0.318. The van der Waals surface area contributed by atoms with Gasteiger partial charge in [0.2, 0.25) is 0 Å². The number of furan rings is 3. The zero-order valence-corrected chi connectivity index (χ0v) is 82.1. The molecule has 0 aliphatic heterocycles. The summed E-state index contributed by atoms with van der Waals surface area (Å²) in [6.07, 6.45) is 29.4. The number of fused-ring (bicyclic) bond motifs is 32. The SMILES string of the molecule is CCCCCCCC1(CCCCCCC)c2ccccc2-c2ccc(-c3ccc4c(c3)C(C)(C)c3cc(-c5cc6c(c7c5oc5ccccc57)-c5ccc(N(c7ccc8c(c7)C(C)(C)c7cc(-c9ccccc9)c9oc%10ccccc%10c9c7-8)c7ccc8c(c7)C(C)(C)c7c9c(c%10oc%11ccccc%11c%10c7-8)-c7ccccc7C9(C)C)cc5C6(CCCCCCC)CCCCCCC)ccc3-4)cc21. The van der Waals surface area contributed by atoms with Crippen LogP contribution in [0.5, 0.6) is 0 Å². The fourth-order valence-corrected chi connectivity index (χ4v) is 27.5. The van der Waals surface area contributed by atoms with Gasteiger partial charge in [0.25, 0.3) is 0 Å². The molecule has 0 saturated carbocycles. The highest BCUT2D eigenvalue weighted by atomic mass is 16.3. The van der Waals surface area contributed by atoms with Crippen molar-refractivity contribution in [2.45, 2.75) is 270 Å². The van der Waals surface area contributed by atoms with Crippen LogP contribution in [-0.4, -0.2) is 0 Å². The van der Waals surface area contributed by atoms with Crippen LogP contribution in [0.15, 0.2) is 286 Å². The second-order valence-electron chi connectivity index (χ2n) is 43.7. The molecule has 0 atom stereocenters. The van der Waals surface area contributed by atoms with Gasteiger partial charge in [0, 0.05) is 98.6 Å². The van der Waals surface area contributed by atoms with Crippen molar-refractivity contribution < 1.29 is 13.3 Å². The molecule has 4 heteroatoms. The summed E-state index contributed by atoms with van der Waals surface area (Å²) in [5.74, 6) is 0. The van der Waals surface area contributed by atoms with Gasteiger partial charge in [0.15, 0.2) is 0 Å². The fourth-order valence-electron chi connectivity index (χ4n) is 27.5. The van der Waals surface area contributed by atoms with Crippen LogP contribution in [0.4, 0.5) is 17.1 Å². The van der Waals surface area contributed by atoms with E-state index in [1.165, 1.54) is 300 Å². The molecule has 3 heterocycles. The van der Waals surface area contributed by atoms with Crippen LogP contribution in [0.2, 0.25) is 0 Å². The molecule has 0 bridgehead atoms. The Kier molecular flexibility index (Phi) is 21.1. The van der Waals surface area contributed by atoms with E-state index in [1.54, 1.807) is 11.1 Å². The lowest BCUT2D eigenvalue weighted by Crippen LogP contribution is -2.26. The number of anilines is 3. The second-order valence-corrected chi connectivity index (χ2v) is 43.7. The van der Waals surface area contributed by atoms with E-state index in [0.29, 0.717) is 0 Å². The van der Waals surface area contributed by atoms with Gasteiger partial charge in [-0.15, -0.1) is 0 Å². The van der Waals surface area contributed by atoms with E-state index in [-0.39, 0.29) is 21.7 Å². The lowest BCUT2D eigenvalue weighted by Gasteiger charge is -2.35. The quantitative estimate of drug-likeness (QED) is 0.0421. The minimum atomic E-state index is -0.437. The Balaban J connectivity index is 0.683. The topological polar surface area (TPSA) is 42.7 Å². The minimum Gasteiger partial charge on any atom is -0.455 e. The predicted molar refractivity (Wildman–Crippen MR) is 575 cm³/mol. The summed E-state index contributed by atoms with van der Waals surface area (Å²) >= 11 is 0. The van der Waals surface area contributed by atoms with Crippen LogP contribution in [0.25, 0.3) is 166 Å². The van der Waals surface area contributed by atoms with Gasteiger partial charge in [-0.25, -0.2) is 0 Å². The number of unbranched alkanes of at least 4 members (excludes halogenated alkanes) is 16. The van der Waals surface area contributed by atoms with Gasteiger partial charge >= 0.3 is 0 Å². The molecule has 0 amide bonds. The maximum Gasteiger partial charge on any atom is 0.144 e. The lowest BCUT2D eigenvalue weighted by molar-refractivity contribution is 0.399. The van der Waals surface area contributed by atoms with Crippen LogP contribution in [0.1, 0.15) is 304 Å². The summed E-state index contributed by atoms with van der Waals surface area (Å²) in [6, 6.07) is 107. The van der Waals surface area contributed by atoms with Crippen molar-refractivity contribution in [3.8, 4) is 100 Å². The highest BCUT2D eigenvalue weighted by molar-refractivity contribution is 6.23. The normalized spacial score (nSPS) is 15.5. The number of hydrogen-bond donors (Lipinski definition) is 0. The summed E-state index contributed by atoms with van der Waals surface area (Å²) in [4.78, 5) is 2.69. The predicted octanol–water partition coefficient (Wildman–Crippen LogP) is 39.1. The third kappa shape index (κ3) is 13.0. The molecule has 4 nitrogen and oxygen atoms in total. The van der Waals surface area contributed by atoms with Gasteiger partial charge < -0.3 is 18.2 Å². The first-order chi connectivity index (χ1) is 66.3. The third-order valence-electron chi connectivity index (χ3n) is 34.4. The van der Waals surface area contributed by atoms with Crippen LogP contribution >= 0.6 is 0 Å². The Labute approximate surface area is 805 Å². The number of hydrogen-bond acceptors (Lipinski definition) is 4. The Bertz CT molecular complexity index is 7840. The summed E-state index contributed by atoms with van der Waals surface area (Å²) in [7, 11) is 0. The number of nitrogens with zero attached hydrogens (tertiary/aromatic N) is 1.